The number of rotatable bonds is 1. The van der Waals surface area contributed by atoms with Gasteiger partial charge in [-0.25, -0.2) is 0 Å². The van der Waals surface area contributed by atoms with E-state index in [1.165, 1.54) is 0 Å². The van der Waals surface area contributed by atoms with Crippen LogP contribution >= 0.6 is 0 Å². The van der Waals surface area contributed by atoms with Gasteiger partial charge in [0.15, 0.2) is 0 Å². The molecular formula is C16H12N2O. The second kappa shape index (κ2) is 4.58. The minimum Gasteiger partial charge on any atom is -0.301 e. The van der Waals surface area contributed by atoms with Gasteiger partial charge in [-0.1, -0.05) is 6.07 Å². The topological polar surface area (TPSA) is 33.2 Å². The standard InChI is InChI=1S/C16H12N2O/c1-2-16(19)18-10-7-14-11-13(3-4-15(14)18)12-5-8-17-9-6-12/h1,3-6,8-9,11H,7,10H2. The highest BCUT2D eigenvalue weighted by Crippen LogP contribution is 2.32. The number of hydrogen-bond donors (Lipinski definition) is 0. The van der Waals surface area contributed by atoms with Crippen molar-refractivity contribution in [1.29, 1.82) is 0 Å². The van der Waals surface area contributed by atoms with E-state index in [2.05, 4.69) is 17.0 Å². The maximum absolute atomic E-state index is 11.6. The second-order valence-electron chi connectivity index (χ2n) is 4.43. The highest BCUT2D eigenvalue weighted by atomic mass is 16.2. The molecule has 1 aromatic carbocycles. The van der Waals surface area contributed by atoms with Gasteiger partial charge in [-0.15, -0.1) is 6.42 Å². The van der Waals surface area contributed by atoms with E-state index in [1.54, 1.807) is 17.3 Å². The lowest BCUT2D eigenvalue weighted by Crippen LogP contribution is -2.27. The zero-order valence-corrected chi connectivity index (χ0v) is 10.3. The molecule has 2 heterocycles. The van der Waals surface area contributed by atoms with Crippen molar-refractivity contribution in [3.05, 3.63) is 48.3 Å². The zero-order chi connectivity index (χ0) is 13.2. The lowest BCUT2D eigenvalue weighted by Gasteiger charge is -2.14. The second-order valence-corrected chi connectivity index (χ2v) is 4.43. The summed E-state index contributed by atoms with van der Waals surface area (Å²) in [5.41, 5.74) is 4.36. The summed E-state index contributed by atoms with van der Waals surface area (Å²) in [4.78, 5) is 17.3. The lowest BCUT2D eigenvalue weighted by molar-refractivity contribution is -0.113. The number of fused-ring (bicyclic) bond motifs is 1. The first-order valence-corrected chi connectivity index (χ1v) is 6.11. The van der Waals surface area contributed by atoms with Gasteiger partial charge in [0.1, 0.15) is 0 Å². The minimum atomic E-state index is -0.268. The van der Waals surface area contributed by atoms with Crippen molar-refractivity contribution in [3.63, 3.8) is 0 Å². The predicted octanol–water partition coefficient (Wildman–Crippen LogP) is 2.27. The molecule has 0 fully saturated rings. The maximum Gasteiger partial charge on any atom is 0.302 e. The first-order chi connectivity index (χ1) is 9.29. The summed E-state index contributed by atoms with van der Waals surface area (Å²) >= 11 is 0. The highest BCUT2D eigenvalue weighted by Gasteiger charge is 2.23. The normalized spacial score (nSPS) is 12.9. The molecule has 0 saturated carbocycles. The van der Waals surface area contributed by atoms with Crippen LogP contribution in [-0.4, -0.2) is 17.4 Å². The van der Waals surface area contributed by atoms with Crippen molar-refractivity contribution >= 4 is 11.6 Å². The smallest absolute Gasteiger partial charge is 0.301 e. The fraction of sp³-hybridized carbons (Fsp3) is 0.125. The number of anilines is 1. The Kier molecular flexibility index (Phi) is 2.77. The molecule has 3 nitrogen and oxygen atoms in total. The van der Waals surface area contributed by atoms with Crippen LogP contribution in [0.3, 0.4) is 0 Å². The van der Waals surface area contributed by atoms with Crippen molar-refractivity contribution < 1.29 is 4.79 Å². The Balaban J connectivity index is 2.00. The molecule has 3 rings (SSSR count). The summed E-state index contributed by atoms with van der Waals surface area (Å²) < 4.78 is 0. The van der Waals surface area contributed by atoms with Crippen LogP contribution in [-0.2, 0) is 11.2 Å². The molecule has 0 radical (unpaired) electrons. The number of carbonyl (C=O) groups is 1. The molecular weight excluding hydrogens is 236 g/mol. The molecule has 0 aliphatic carbocycles. The Morgan fingerprint density at radius 2 is 2.00 bits per heavy atom. The van der Waals surface area contributed by atoms with Gasteiger partial charge in [0.25, 0.3) is 0 Å². The van der Waals surface area contributed by atoms with Gasteiger partial charge in [0, 0.05) is 24.6 Å². The molecule has 92 valence electrons. The van der Waals surface area contributed by atoms with Gasteiger partial charge in [-0.3, -0.25) is 9.78 Å². The number of hydrogen-bond acceptors (Lipinski definition) is 2. The number of pyridine rings is 1. The zero-order valence-electron chi connectivity index (χ0n) is 10.3. The summed E-state index contributed by atoms with van der Waals surface area (Å²) in [7, 11) is 0. The minimum absolute atomic E-state index is 0.268. The highest BCUT2D eigenvalue weighted by molar-refractivity contribution is 6.06. The molecule has 2 aromatic rings. The summed E-state index contributed by atoms with van der Waals surface area (Å²) in [5, 5.41) is 0. The van der Waals surface area contributed by atoms with Crippen LogP contribution in [0.1, 0.15) is 5.56 Å². The Labute approximate surface area is 111 Å². The van der Waals surface area contributed by atoms with Crippen LogP contribution < -0.4 is 4.90 Å². The van der Waals surface area contributed by atoms with E-state index in [4.69, 9.17) is 6.42 Å². The van der Waals surface area contributed by atoms with E-state index in [1.807, 2.05) is 24.3 Å². The van der Waals surface area contributed by atoms with Crippen LogP contribution in [0, 0.1) is 12.3 Å². The molecule has 0 unspecified atom stereocenters. The van der Waals surface area contributed by atoms with Gasteiger partial charge in [0.2, 0.25) is 0 Å². The molecule has 1 amide bonds. The summed E-state index contributed by atoms with van der Waals surface area (Å²) in [6, 6.07) is 10.0. The number of nitrogens with zero attached hydrogens (tertiary/aromatic N) is 2. The molecule has 19 heavy (non-hydrogen) atoms. The van der Waals surface area contributed by atoms with Crippen molar-refractivity contribution in [3.8, 4) is 23.5 Å². The van der Waals surface area contributed by atoms with E-state index in [0.29, 0.717) is 6.54 Å². The number of carbonyl (C=O) groups excluding carboxylic acids is 1. The van der Waals surface area contributed by atoms with Gasteiger partial charge in [-0.05, 0) is 53.3 Å². The van der Waals surface area contributed by atoms with Crippen LogP contribution in [0.4, 0.5) is 5.69 Å². The monoisotopic (exact) mass is 248 g/mol. The van der Waals surface area contributed by atoms with Crippen molar-refractivity contribution in [2.45, 2.75) is 6.42 Å². The van der Waals surface area contributed by atoms with Crippen LogP contribution in [0.2, 0.25) is 0 Å². The number of terminal acetylenes is 1. The SMILES string of the molecule is C#CC(=O)N1CCc2cc(-c3ccncc3)ccc21. The van der Waals surface area contributed by atoms with E-state index in [9.17, 15) is 4.79 Å². The van der Waals surface area contributed by atoms with E-state index >= 15 is 0 Å². The summed E-state index contributed by atoms with van der Waals surface area (Å²) in [6.07, 6.45) is 9.58. The largest absolute Gasteiger partial charge is 0.302 e. The molecule has 1 aromatic heterocycles. The van der Waals surface area contributed by atoms with Gasteiger partial charge >= 0.3 is 5.91 Å². The fourth-order valence-corrected chi connectivity index (χ4v) is 2.41. The lowest BCUT2D eigenvalue weighted by atomic mass is 10.0. The van der Waals surface area contributed by atoms with Crippen LogP contribution in [0.5, 0.6) is 0 Å². The number of amides is 1. The molecule has 0 saturated heterocycles. The van der Waals surface area contributed by atoms with E-state index in [-0.39, 0.29) is 5.91 Å². The molecule has 0 spiro atoms. The fourth-order valence-electron chi connectivity index (χ4n) is 2.41. The third-order valence-electron chi connectivity index (χ3n) is 3.36. The molecule has 0 atom stereocenters. The number of benzene rings is 1. The number of aromatic nitrogens is 1. The van der Waals surface area contributed by atoms with Crippen molar-refractivity contribution in [2.24, 2.45) is 0 Å². The summed E-state index contributed by atoms with van der Waals surface area (Å²) in [5.74, 6) is 1.90. The first kappa shape index (κ1) is 11.5. The Hall–Kier alpha value is -2.60. The molecule has 0 N–H and O–H groups in total. The van der Waals surface area contributed by atoms with Gasteiger partial charge in [-0.2, -0.15) is 0 Å². The maximum atomic E-state index is 11.6. The Morgan fingerprint density at radius 3 is 2.74 bits per heavy atom. The Bertz CT molecular complexity index is 671. The van der Waals surface area contributed by atoms with Crippen molar-refractivity contribution in [2.75, 3.05) is 11.4 Å². The van der Waals surface area contributed by atoms with Crippen LogP contribution in [0.15, 0.2) is 42.7 Å². The van der Waals surface area contributed by atoms with E-state index < -0.39 is 0 Å². The van der Waals surface area contributed by atoms with Crippen molar-refractivity contribution in [1.82, 2.24) is 4.98 Å². The molecule has 0 bridgehead atoms. The average molecular weight is 248 g/mol. The van der Waals surface area contributed by atoms with Crippen LogP contribution in [0.25, 0.3) is 11.1 Å². The molecule has 1 aliphatic heterocycles. The van der Waals surface area contributed by atoms with Gasteiger partial charge in [0.05, 0.1) is 0 Å². The first-order valence-electron chi connectivity index (χ1n) is 6.11. The quantitative estimate of drug-likeness (QED) is 0.725. The molecule has 1 aliphatic rings. The average Bonchev–Trinajstić information content (AvgIpc) is 2.90. The third-order valence-corrected chi connectivity index (χ3v) is 3.36. The summed E-state index contributed by atoms with van der Waals surface area (Å²) in [6.45, 7) is 0.665. The predicted molar refractivity (Wildman–Crippen MR) is 74.6 cm³/mol. The van der Waals surface area contributed by atoms with E-state index in [0.717, 1.165) is 28.8 Å². The Morgan fingerprint density at radius 1 is 1.21 bits per heavy atom. The third kappa shape index (κ3) is 1.98. The molecule has 3 heteroatoms. The van der Waals surface area contributed by atoms with Gasteiger partial charge < -0.3 is 4.90 Å².